The van der Waals surface area contributed by atoms with Crippen molar-refractivity contribution >= 4 is 16.3 Å². The molecule has 0 aliphatic carbocycles. The predicted octanol–water partition coefficient (Wildman–Crippen LogP) is 1.67. The Hall–Kier alpha value is -1.44. The number of anilines is 1. The molecule has 0 aromatic carbocycles. The van der Waals surface area contributed by atoms with Crippen molar-refractivity contribution in [1.29, 1.82) is 0 Å². The van der Waals surface area contributed by atoms with Crippen molar-refractivity contribution in [2.24, 2.45) is 0 Å². The Morgan fingerprint density at radius 2 is 2.00 bits per heavy atom. The third-order valence-corrected chi connectivity index (χ3v) is 5.68. The van der Waals surface area contributed by atoms with Gasteiger partial charge in [-0.15, -0.1) is 11.3 Å². The van der Waals surface area contributed by atoms with Gasteiger partial charge < -0.3 is 10.3 Å². The van der Waals surface area contributed by atoms with Crippen molar-refractivity contribution in [3.63, 3.8) is 0 Å². The van der Waals surface area contributed by atoms with Crippen LogP contribution in [-0.2, 0) is 0 Å². The van der Waals surface area contributed by atoms with Gasteiger partial charge in [0.15, 0.2) is 5.82 Å². The van der Waals surface area contributed by atoms with E-state index in [0.717, 1.165) is 54.7 Å². The van der Waals surface area contributed by atoms with Gasteiger partial charge in [-0.1, -0.05) is 5.16 Å². The van der Waals surface area contributed by atoms with Gasteiger partial charge in [0.1, 0.15) is 0 Å². The lowest BCUT2D eigenvalue weighted by atomic mass is 10.1. The van der Waals surface area contributed by atoms with Crippen molar-refractivity contribution in [2.75, 3.05) is 38.5 Å². The average Bonchev–Trinajstić information content (AvgIpc) is 3.06. The maximum absolute atomic E-state index is 6.09. The summed E-state index contributed by atoms with van der Waals surface area (Å²) in [5, 5.41) is 4.98. The zero-order valence-electron chi connectivity index (χ0n) is 12.3. The van der Waals surface area contributed by atoms with E-state index in [-0.39, 0.29) is 6.04 Å². The molecule has 0 amide bonds. The maximum atomic E-state index is 6.09. The molecule has 3 aliphatic rings. The Morgan fingerprint density at radius 3 is 2.57 bits per heavy atom. The molecule has 21 heavy (non-hydrogen) atoms. The van der Waals surface area contributed by atoms with Crippen LogP contribution in [0.2, 0.25) is 0 Å². The summed E-state index contributed by atoms with van der Waals surface area (Å²) in [6, 6.07) is 0.256. The quantitative estimate of drug-likeness (QED) is 0.910. The second-order valence-corrected chi connectivity index (χ2v) is 7.09. The van der Waals surface area contributed by atoms with Crippen LogP contribution >= 0.6 is 11.3 Å². The number of hydrogen-bond donors (Lipinski definition) is 1. The molecule has 3 saturated heterocycles. The Kier molecular flexibility index (Phi) is 3.02. The van der Waals surface area contributed by atoms with Crippen LogP contribution in [0, 0.1) is 13.8 Å². The summed E-state index contributed by atoms with van der Waals surface area (Å²) in [6.07, 6.45) is 0. The van der Waals surface area contributed by atoms with Gasteiger partial charge >= 0.3 is 0 Å². The van der Waals surface area contributed by atoms with Crippen molar-refractivity contribution in [3.05, 3.63) is 16.3 Å². The molecule has 5 heterocycles. The first kappa shape index (κ1) is 13.2. The van der Waals surface area contributed by atoms with Crippen LogP contribution in [-0.4, -0.2) is 52.7 Å². The van der Waals surface area contributed by atoms with E-state index in [2.05, 4.69) is 33.8 Å². The number of nitrogens with two attached hydrogens (primary N) is 1. The molecule has 112 valence electrons. The lowest BCUT2D eigenvalue weighted by molar-refractivity contribution is 0.00781. The molecule has 0 saturated carbocycles. The molecule has 1 atom stereocenters. The minimum Gasteiger partial charge on any atom is -0.390 e. The van der Waals surface area contributed by atoms with Crippen LogP contribution in [0.1, 0.15) is 22.3 Å². The van der Waals surface area contributed by atoms with E-state index >= 15 is 0 Å². The molecule has 6 nitrogen and oxygen atoms in total. The summed E-state index contributed by atoms with van der Waals surface area (Å²) in [5.74, 6) is 1.35. The highest BCUT2D eigenvalue weighted by atomic mass is 32.1. The van der Waals surface area contributed by atoms with Crippen molar-refractivity contribution < 1.29 is 4.52 Å². The zero-order chi connectivity index (χ0) is 14.6. The molecule has 2 aromatic heterocycles. The molecule has 7 heteroatoms. The SMILES string of the molecule is Cc1sc(N)c(-c2nc(C3CN4CCN3CC4)no2)c1C. The highest BCUT2D eigenvalue weighted by Crippen LogP contribution is 2.38. The topological polar surface area (TPSA) is 71.4 Å². The monoisotopic (exact) mass is 305 g/mol. The minimum absolute atomic E-state index is 0.256. The number of aromatic nitrogens is 2. The van der Waals surface area contributed by atoms with E-state index in [9.17, 15) is 0 Å². The summed E-state index contributed by atoms with van der Waals surface area (Å²) in [7, 11) is 0. The fraction of sp³-hybridized carbons (Fsp3) is 0.571. The number of aryl methyl sites for hydroxylation is 1. The molecule has 2 bridgehead atoms. The normalized spacial score (nSPS) is 28.2. The fourth-order valence-corrected chi connectivity index (χ4v) is 4.18. The number of fused-ring (bicyclic) bond motifs is 3. The van der Waals surface area contributed by atoms with Crippen LogP contribution in [0.5, 0.6) is 0 Å². The molecular weight excluding hydrogens is 286 g/mol. The third-order valence-electron chi connectivity index (χ3n) is 4.64. The largest absolute Gasteiger partial charge is 0.390 e. The van der Waals surface area contributed by atoms with Crippen LogP contribution in [0.25, 0.3) is 11.5 Å². The highest BCUT2D eigenvalue weighted by Gasteiger charge is 2.36. The minimum atomic E-state index is 0.256. The van der Waals surface area contributed by atoms with Gasteiger partial charge in [0.05, 0.1) is 16.6 Å². The van der Waals surface area contributed by atoms with Gasteiger partial charge in [0.25, 0.3) is 5.89 Å². The van der Waals surface area contributed by atoms with E-state index in [1.165, 1.54) is 4.88 Å². The molecule has 2 N–H and O–H groups in total. The Bertz CT molecular complexity index is 671. The lowest BCUT2D eigenvalue weighted by Crippen LogP contribution is -2.57. The molecule has 5 rings (SSSR count). The molecule has 1 unspecified atom stereocenters. The van der Waals surface area contributed by atoms with Crippen LogP contribution in [0.4, 0.5) is 5.00 Å². The van der Waals surface area contributed by atoms with Crippen LogP contribution in [0.3, 0.4) is 0 Å². The molecule has 0 spiro atoms. The van der Waals surface area contributed by atoms with E-state index in [1.807, 2.05) is 0 Å². The summed E-state index contributed by atoms with van der Waals surface area (Å²) in [5.41, 5.74) is 8.14. The number of nitrogen functional groups attached to an aromatic ring is 1. The van der Waals surface area contributed by atoms with Gasteiger partial charge in [0.2, 0.25) is 0 Å². The van der Waals surface area contributed by atoms with Crippen molar-refractivity contribution in [1.82, 2.24) is 19.9 Å². The lowest BCUT2D eigenvalue weighted by Gasteiger charge is -2.46. The first-order valence-electron chi connectivity index (χ1n) is 7.29. The number of hydrogen-bond acceptors (Lipinski definition) is 7. The maximum Gasteiger partial charge on any atom is 0.261 e. The number of rotatable bonds is 2. The molecule has 2 aromatic rings. The van der Waals surface area contributed by atoms with Gasteiger partial charge in [-0.25, -0.2) is 0 Å². The summed E-state index contributed by atoms with van der Waals surface area (Å²) in [4.78, 5) is 10.8. The third kappa shape index (κ3) is 2.07. The molecular formula is C14H19N5OS. The van der Waals surface area contributed by atoms with Crippen LogP contribution < -0.4 is 5.73 Å². The number of nitrogens with zero attached hydrogens (tertiary/aromatic N) is 4. The summed E-state index contributed by atoms with van der Waals surface area (Å²) >= 11 is 1.58. The Morgan fingerprint density at radius 1 is 1.24 bits per heavy atom. The second-order valence-electron chi connectivity index (χ2n) is 5.83. The van der Waals surface area contributed by atoms with Crippen molar-refractivity contribution in [3.8, 4) is 11.5 Å². The van der Waals surface area contributed by atoms with E-state index in [0.29, 0.717) is 5.89 Å². The average molecular weight is 305 g/mol. The van der Waals surface area contributed by atoms with Gasteiger partial charge in [-0.05, 0) is 19.4 Å². The van der Waals surface area contributed by atoms with E-state index in [4.69, 9.17) is 10.3 Å². The van der Waals surface area contributed by atoms with Gasteiger partial charge in [-0.3, -0.25) is 9.80 Å². The first-order chi connectivity index (χ1) is 10.1. The first-order valence-corrected chi connectivity index (χ1v) is 8.11. The van der Waals surface area contributed by atoms with E-state index < -0.39 is 0 Å². The van der Waals surface area contributed by atoms with Crippen LogP contribution in [0.15, 0.2) is 4.52 Å². The number of piperazine rings is 3. The number of thiophene rings is 1. The highest BCUT2D eigenvalue weighted by molar-refractivity contribution is 7.16. The molecule has 3 fully saturated rings. The Labute approximate surface area is 127 Å². The smallest absolute Gasteiger partial charge is 0.261 e. The fourth-order valence-electron chi connectivity index (χ4n) is 3.25. The van der Waals surface area contributed by atoms with Gasteiger partial charge in [-0.2, -0.15) is 4.98 Å². The van der Waals surface area contributed by atoms with Gasteiger partial charge in [0, 0.05) is 37.6 Å². The summed E-state index contributed by atoms with van der Waals surface area (Å²) in [6.45, 7) is 9.60. The zero-order valence-corrected chi connectivity index (χ0v) is 13.1. The second kappa shape index (κ2) is 4.79. The summed E-state index contributed by atoms with van der Waals surface area (Å²) < 4.78 is 5.51. The molecule has 3 aliphatic heterocycles. The molecule has 0 radical (unpaired) electrons. The Balaban J connectivity index is 1.67. The van der Waals surface area contributed by atoms with E-state index in [1.54, 1.807) is 11.3 Å². The predicted molar refractivity (Wildman–Crippen MR) is 82.3 cm³/mol. The van der Waals surface area contributed by atoms with Crippen molar-refractivity contribution in [2.45, 2.75) is 19.9 Å². The standard InChI is InChI=1S/C14H19N5OS/c1-8-9(2)21-12(15)11(8)14-16-13(17-20-14)10-7-18-3-5-19(10)6-4-18/h10H,3-7,15H2,1-2H3.